The summed E-state index contributed by atoms with van der Waals surface area (Å²) in [7, 11) is 1.67. The van der Waals surface area contributed by atoms with Crippen LogP contribution in [0.15, 0.2) is 48.5 Å². The van der Waals surface area contributed by atoms with Crippen LogP contribution in [0.4, 0.5) is 10.1 Å². The van der Waals surface area contributed by atoms with Gasteiger partial charge in [0.15, 0.2) is 5.69 Å². The third-order valence-corrected chi connectivity index (χ3v) is 5.67. The van der Waals surface area contributed by atoms with Crippen LogP contribution in [0, 0.1) is 15.9 Å². The van der Waals surface area contributed by atoms with Gasteiger partial charge in [0.05, 0.1) is 16.7 Å². The number of halogens is 1. The van der Waals surface area contributed by atoms with Gasteiger partial charge in [-0.05, 0) is 56.0 Å². The second kappa shape index (κ2) is 7.70. The predicted molar refractivity (Wildman–Crippen MR) is 109 cm³/mol. The second-order valence-corrected chi connectivity index (χ2v) is 7.46. The van der Waals surface area contributed by atoms with Gasteiger partial charge in [-0.1, -0.05) is 12.1 Å². The summed E-state index contributed by atoms with van der Waals surface area (Å²) in [5.74, 6) is -0.572. The van der Waals surface area contributed by atoms with E-state index >= 15 is 0 Å². The fraction of sp³-hybridized carbons (Fsp3) is 0.273. The van der Waals surface area contributed by atoms with E-state index in [1.807, 2.05) is 6.92 Å². The lowest BCUT2D eigenvalue weighted by Crippen LogP contribution is -2.30. The van der Waals surface area contributed by atoms with E-state index in [4.69, 9.17) is 0 Å². The van der Waals surface area contributed by atoms with Crippen molar-refractivity contribution in [2.24, 2.45) is 0 Å². The Kier molecular flexibility index (Phi) is 5.07. The number of hydrogen-bond acceptors (Lipinski definition) is 4. The largest absolute Gasteiger partial charge is 0.334 e. The Balaban J connectivity index is 1.66. The number of amides is 1. The minimum absolute atomic E-state index is 0.0123. The van der Waals surface area contributed by atoms with Crippen molar-refractivity contribution in [1.82, 2.24) is 14.7 Å². The third-order valence-electron chi connectivity index (χ3n) is 5.67. The number of benzene rings is 2. The average molecular weight is 408 g/mol. The smallest absolute Gasteiger partial charge is 0.274 e. The van der Waals surface area contributed by atoms with Crippen molar-refractivity contribution in [1.29, 1.82) is 0 Å². The molecule has 1 aliphatic rings. The Morgan fingerprint density at radius 1 is 1.23 bits per heavy atom. The minimum atomic E-state index is -0.449. The summed E-state index contributed by atoms with van der Waals surface area (Å²) in [6, 6.07) is 11.9. The van der Waals surface area contributed by atoms with E-state index < -0.39 is 4.92 Å². The van der Waals surface area contributed by atoms with Crippen molar-refractivity contribution in [3.63, 3.8) is 0 Å². The van der Waals surface area contributed by atoms with Crippen molar-refractivity contribution >= 4 is 11.6 Å². The van der Waals surface area contributed by atoms with Crippen molar-refractivity contribution in [3.05, 3.63) is 87.0 Å². The molecule has 1 aromatic heterocycles. The van der Waals surface area contributed by atoms with Crippen LogP contribution in [0.3, 0.4) is 0 Å². The van der Waals surface area contributed by atoms with Gasteiger partial charge in [-0.15, -0.1) is 0 Å². The Morgan fingerprint density at radius 3 is 2.67 bits per heavy atom. The molecule has 0 saturated carbocycles. The molecule has 1 aliphatic carbocycles. The molecule has 0 fully saturated rings. The second-order valence-electron chi connectivity index (χ2n) is 7.46. The highest BCUT2D eigenvalue weighted by molar-refractivity contribution is 5.94. The Hall–Kier alpha value is -3.55. The molecule has 7 nitrogen and oxygen atoms in total. The number of nitrogens with zero attached hydrogens (tertiary/aromatic N) is 4. The number of nitro groups is 1. The first-order chi connectivity index (χ1) is 14.4. The zero-order chi connectivity index (χ0) is 21.4. The maximum atomic E-state index is 13.3. The van der Waals surface area contributed by atoms with E-state index in [9.17, 15) is 19.3 Å². The molecule has 30 heavy (non-hydrogen) atoms. The topological polar surface area (TPSA) is 81.3 Å². The number of nitro benzene ring substituents is 1. The lowest BCUT2D eigenvalue weighted by Gasteiger charge is -2.25. The lowest BCUT2D eigenvalue weighted by molar-refractivity contribution is -0.384. The third kappa shape index (κ3) is 3.45. The molecule has 2 aromatic carbocycles. The molecule has 0 bridgehead atoms. The summed E-state index contributed by atoms with van der Waals surface area (Å²) < 4.78 is 15.0. The molecule has 0 spiro atoms. The number of rotatable bonds is 5. The number of carbonyl (C=O) groups excluding carboxylic acids is 1. The highest BCUT2D eigenvalue weighted by atomic mass is 19.1. The van der Waals surface area contributed by atoms with Gasteiger partial charge in [0.25, 0.3) is 11.6 Å². The van der Waals surface area contributed by atoms with Crippen LogP contribution < -0.4 is 0 Å². The summed E-state index contributed by atoms with van der Waals surface area (Å²) in [6.45, 7) is 1.83. The van der Waals surface area contributed by atoms with Crippen molar-refractivity contribution in [2.75, 3.05) is 7.05 Å². The van der Waals surface area contributed by atoms with Gasteiger partial charge in [-0.3, -0.25) is 14.9 Å². The predicted octanol–water partition coefficient (Wildman–Crippen LogP) is 4.24. The van der Waals surface area contributed by atoms with Crippen LogP contribution >= 0.6 is 0 Å². The van der Waals surface area contributed by atoms with Crippen molar-refractivity contribution in [3.8, 4) is 5.69 Å². The van der Waals surface area contributed by atoms with E-state index in [1.54, 1.807) is 40.9 Å². The monoisotopic (exact) mass is 408 g/mol. The maximum Gasteiger partial charge on any atom is 0.274 e. The highest BCUT2D eigenvalue weighted by Crippen LogP contribution is 2.30. The van der Waals surface area contributed by atoms with Gasteiger partial charge >= 0.3 is 0 Å². The summed E-state index contributed by atoms with van der Waals surface area (Å²) in [5, 5.41) is 15.6. The van der Waals surface area contributed by atoms with Gasteiger partial charge in [-0.2, -0.15) is 5.10 Å². The van der Waals surface area contributed by atoms with Crippen LogP contribution in [0.2, 0.25) is 0 Å². The van der Waals surface area contributed by atoms with Gasteiger partial charge in [0.1, 0.15) is 5.82 Å². The van der Waals surface area contributed by atoms with Crippen molar-refractivity contribution in [2.45, 2.75) is 32.2 Å². The van der Waals surface area contributed by atoms with E-state index in [0.717, 1.165) is 30.5 Å². The Labute approximate surface area is 172 Å². The van der Waals surface area contributed by atoms with Crippen LogP contribution in [0.25, 0.3) is 5.69 Å². The summed E-state index contributed by atoms with van der Waals surface area (Å²) in [4.78, 5) is 25.5. The SMILES string of the molecule is C[C@@H](c1cccc([N+](=O)[O-])c1)N(C)C(=O)c1nn(-c2ccc(F)cc2)c2c1CCC2. The fourth-order valence-corrected chi connectivity index (χ4v) is 3.87. The molecule has 0 N–H and O–H groups in total. The number of non-ortho nitro benzene ring substituents is 1. The molecule has 1 heterocycles. The van der Waals surface area contributed by atoms with Crippen molar-refractivity contribution < 1.29 is 14.1 Å². The molecule has 1 amide bonds. The Bertz CT molecular complexity index is 1120. The molecule has 1 atom stereocenters. The summed E-state index contributed by atoms with van der Waals surface area (Å²) >= 11 is 0. The normalized spacial score (nSPS) is 13.7. The maximum absolute atomic E-state index is 13.3. The summed E-state index contributed by atoms with van der Waals surface area (Å²) in [6.07, 6.45) is 2.49. The molecular weight excluding hydrogens is 387 g/mol. The van der Waals surface area contributed by atoms with E-state index in [1.165, 1.54) is 24.3 Å². The summed E-state index contributed by atoms with van der Waals surface area (Å²) in [5.41, 5.74) is 3.65. The zero-order valence-corrected chi connectivity index (χ0v) is 16.7. The van der Waals surface area contributed by atoms with Gasteiger partial charge in [-0.25, -0.2) is 9.07 Å². The fourth-order valence-electron chi connectivity index (χ4n) is 3.87. The first-order valence-corrected chi connectivity index (χ1v) is 9.75. The molecule has 0 aliphatic heterocycles. The molecule has 8 heteroatoms. The first-order valence-electron chi connectivity index (χ1n) is 9.75. The van der Waals surface area contributed by atoms with Crippen LogP contribution in [0.1, 0.15) is 46.7 Å². The molecule has 0 radical (unpaired) electrons. The quantitative estimate of drug-likeness (QED) is 0.467. The molecule has 154 valence electrons. The first kappa shape index (κ1) is 19.8. The van der Waals surface area contributed by atoms with Crippen LogP contribution in [-0.4, -0.2) is 32.6 Å². The van der Waals surface area contributed by atoms with E-state index in [2.05, 4.69) is 5.10 Å². The van der Waals surface area contributed by atoms with Gasteiger partial charge in [0, 0.05) is 30.4 Å². The van der Waals surface area contributed by atoms with Gasteiger partial charge < -0.3 is 4.90 Å². The number of hydrogen-bond donors (Lipinski definition) is 0. The molecule has 3 aromatic rings. The highest BCUT2D eigenvalue weighted by Gasteiger charge is 2.30. The molecule has 4 rings (SSSR count). The van der Waals surface area contributed by atoms with E-state index in [0.29, 0.717) is 16.9 Å². The molecular formula is C22H21FN4O3. The number of aromatic nitrogens is 2. The zero-order valence-electron chi connectivity index (χ0n) is 16.7. The Morgan fingerprint density at radius 2 is 1.97 bits per heavy atom. The van der Waals surface area contributed by atoms with Gasteiger partial charge in [0.2, 0.25) is 0 Å². The minimum Gasteiger partial charge on any atom is -0.334 e. The number of fused-ring (bicyclic) bond motifs is 1. The van der Waals surface area contributed by atoms with Crippen LogP contribution in [-0.2, 0) is 12.8 Å². The average Bonchev–Trinajstić information content (AvgIpc) is 3.36. The molecule has 0 saturated heterocycles. The van der Waals surface area contributed by atoms with Crippen LogP contribution in [0.5, 0.6) is 0 Å². The standard InChI is InChI=1S/C22H21FN4O3/c1-14(15-5-3-6-18(13-15)27(29)30)25(2)22(28)21-19-7-4-8-20(19)26(24-21)17-11-9-16(23)10-12-17/h3,5-6,9-14H,4,7-8H2,1-2H3/t14-/m0/s1. The molecule has 0 unspecified atom stereocenters. The number of carbonyl (C=O) groups is 1. The van der Waals surface area contributed by atoms with E-state index in [-0.39, 0.29) is 23.5 Å². The lowest BCUT2D eigenvalue weighted by atomic mass is 10.1.